The number of nitrogens with two attached hydrogens (primary N) is 1. The topological polar surface area (TPSA) is 110 Å². The number of aliphatic carboxylic acids is 1. The molecular formula is C7H10N2O5. The van der Waals surface area contributed by atoms with Crippen LogP contribution in [-0.4, -0.2) is 53.6 Å². The van der Waals surface area contributed by atoms with E-state index in [4.69, 9.17) is 10.8 Å². The van der Waals surface area contributed by atoms with Crippen molar-refractivity contribution < 1.29 is 24.2 Å². The van der Waals surface area contributed by atoms with E-state index in [1.165, 1.54) is 0 Å². The highest BCUT2D eigenvalue weighted by Gasteiger charge is 2.29. The molecule has 0 aromatic heterocycles. The van der Waals surface area contributed by atoms with Crippen LogP contribution in [0.2, 0.25) is 0 Å². The van der Waals surface area contributed by atoms with Gasteiger partial charge in [0.05, 0.1) is 6.54 Å². The van der Waals surface area contributed by atoms with Crippen LogP contribution < -0.4 is 5.73 Å². The number of hydrogen-bond donors (Lipinski definition) is 2. The molecule has 0 aliphatic carbocycles. The van der Waals surface area contributed by atoms with Crippen molar-refractivity contribution in [3.63, 3.8) is 0 Å². The lowest BCUT2D eigenvalue weighted by Gasteiger charge is -2.25. The Kier molecular flexibility index (Phi) is 3.15. The average Bonchev–Trinajstić information content (AvgIpc) is 2.11. The Hall–Kier alpha value is -1.47. The minimum absolute atomic E-state index is 0.210. The second kappa shape index (κ2) is 4.16. The van der Waals surface area contributed by atoms with E-state index in [9.17, 15) is 14.4 Å². The molecule has 0 aromatic rings. The van der Waals surface area contributed by atoms with Gasteiger partial charge in [0.1, 0.15) is 19.3 Å². The molecule has 0 saturated carbocycles. The lowest BCUT2D eigenvalue weighted by Crippen LogP contribution is -2.52. The van der Waals surface area contributed by atoms with Gasteiger partial charge < -0.3 is 15.6 Å². The van der Waals surface area contributed by atoms with E-state index >= 15 is 0 Å². The highest BCUT2D eigenvalue weighted by Crippen LogP contribution is 2.01. The van der Waals surface area contributed by atoms with Crippen LogP contribution in [0.3, 0.4) is 0 Å². The zero-order valence-corrected chi connectivity index (χ0v) is 7.30. The summed E-state index contributed by atoms with van der Waals surface area (Å²) >= 11 is 0. The van der Waals surface area contributed by atoms with Gasteiger partial charge in [0, 0.05) is 0 Å². The fourth-order valence-electron chi connectivity index (χ4n) is 0.999. The number of imide groups is 1. The Bertz CT molecular complexity index is 261. The Morgan fingerprint density at radius 2 is 2.00 bits per heavy atom. The van der Waals surface area contributed by atoms with Crippen molar-refractivity contribution >= 4 is 17.8 Å². The molecule has 1 atom stereocenters. The summed E-state index contributed by atoms with van der Waals surface area (Å²) in [5, 5.41) is 8.48. The van der Waals surface area contributed by atoms with Crippen molar-refractivity contribution in [3.8, 4) is 0 Å². The van der Waals surface area contributed by atoms with Gasteiger partial charge >= 0.3 is 5.97 Å². The number of amides is 2. The van der Waals surface area contributed by atoms with Gasteiger partial charge in [-0.05, 0) is 0 Å². The molecule has 2 amide bonds. The van der Waals surface area contributed by atoms with Gasteiger partial charge in [0.25, 0.3) is 11.8 Å². The van der Waals surface area contributed by atoms with Crippen LogP contribution in [0, 0.1) is 0 Å². The number of carboxylic acids is 1. The molecule has 0 aromatic carbocycles. The molecule has 0 bridgehead atoms. The fourth-order valence-corrected chi connectivity index (χ4v) is 0.999. The minimum atomic E-state index is -1.25. The Morgan fingerprint density at radius 1 is 1.50 bits per heavy atom. The summed E-state index contributed by atoms with van der Waals surface area (Å²) in [6, 6.07) is -1.25. The van der Waals surface area contributed by atoms with Crippen molar-refractivity contribution in [3.05, 3.63) is 0 Å². The normalized spacial score (nSPS) is 19.6. The molecule has 1 rings (SSSR count). The maximum atomic E-state index is 11.1. The number of morpholine rings is 1. The quantitative estimate of drug-likeness (QED) is 0.502. The molecular weight excluding hydrogens is 192 g/mol. The highest BCUT2D eigenvalue weighted by molar-refractivity contribution is 5.98. The molecule has 0 radical (unpaired) electrons. The summed E-state index contributed by atoms with van der Waals surface area (Å²) in [5.41, 5.74) is 5.19. The van der Waals surface area contributed by atoms with E-state index in [2.05, 4.69) is 4.74 Å². The lowest BCUT2D eigenvalue weighted by molar-refractivity contribution is -0.159. The molecule has 7 nitrogen and oxygen atoms in total. The third-order valence-electron chi connectivity index (χ3n) is 1.75. The van der Waals surface area contributed by atoms with Gasteiger partial charge in [-0.1, -0.05) is 0 Å². The molecule has 1 fully saturated rings. The Balaban J connectivity index is 2.61. The predicted molar refractivity (Wildman–Crippen MR) is 43.2 cm³/mol. The first-order valence-corrected chi connectivity index (χ1v) is 3.91. The highest BCUT2D eigenvalue weighted by atomic mass is 16.5. The van der Waals surface area contributed by atoms with Crippen molar-refractivity contribution in [2.45, 2.75) is 6.04 Å². The monoisotopic (exact) mass is 202 g/mol. The standard InChI is InChI=1S/C7H10N2O5/c8-4(7(12)13)1-9-5(10)2-14-3-6(9)11/h4H,1-3,8H2,(H,12,13). The summed E-state index contributed by atoms with van der Waals surface area (Å²) in [5.74, 6) is -2.37. The third kappa shape index (κ3) is 2.27. The van der Waals surface area contributed by atoms with Crippen molar-refractivity contribution in [2.75, 3.05) is 19.8 Å². The number of rotatable bonds is 3. The molecule has 1 unspecified atom stereocenters. The maximum Gasteiger partial charge on any atom is 0.322 e. The first-order valence-electron chi connectivity index (χ1n) is 3.91. The smallest absolute Gasteiger partial charge is 0.322 e. The number of nitrogens with zero attached hydrogens (tertiary/aromatic N) is 1. The Morgan fingerprint density at radius 3 is 2.43 bits per heavy atom. The molecule has 7 heteroatoms. The third-order valence-corrected chi connectivity index (χ3v) is 1.75. The zero-order chi connectivity index (χ0) is 10.7. The first kappa shape index (κ1) is 10.6. The summed E-state index contributed by atoms with van der Waals surface area (Å²) in [6.45, 7) is -0.730. The molecule has 1 aliphatic rings. The van der Waals surface area contributed by atoms with E-state index < -0.39 is 23.8 Å². The van der Waals surface area contributed by atoms with Crippen molar-refractivity contribution in [1.29, 1.82) is 0 Å². The predicted octanol–water partition coefficient (Wildman–Crippen LogP) is -2.22. The molecule has 1 saturated heterocycles. The summed E-state index contributed by atoms with van der Waals surface area (Å²) in [6.07, 6.45) is 0. The number of carbonyl (C=O) groups is 3. The summed E-state index contributed by atoms with van der Waals surface area (Å²) < 4.78 is 4.64. The van der Waals surface area contributed by atoms with Crippen molar-refractivity contribution in [1.82, 2.24) is 4.90 Å². The van der Waals surface area contributed by atoms with Gasteiger partial charge in [-0.15, -0.1) is 0 Å². The van der Waals surface area contributed by atoms with Gasteiger partial charge in [-0.3, -0.25) is 19.3 Å². The van der Waals surface area contributed by atoms with E-state index in [-0.39, 0.29) is 19.8 Å². The van der Waals surface area contributed by atoms with Crippen LogP contribution in [0.15, 0.2) is 0 Å². The number of ether oxygens (including phenoxy) is 1. The van der Waals surface area contributed by atoms with E-state index in [1.54, 1.807) is 0 Å². The van der Waals surface area contributed by atoms with Crippen LogP contribution in [0.25, 0.3) is 0 Å². The van der Waals surface area contributed by atoms with Gasteiger partial charge in [-0.2, -0.15) is 0 Å². The molecule has 14 heavy (non-hydrogen) atoms. The van der Waals surface area contributed by atoms with Crippen LogP contribution in [-0.2, 0) is 19.1 Å². The molecule has 1 heterocycles. The second-order valence-corrected chi connectivity index (χ2v) is 2.84. The molecule has 3 N–H and O–H groups in total. The van der Waals surface area contributed by atoms with Crippen LogP contribution >= 0.6 is 0 Å². The SMILES string of the molecule is NC(CN1C(=O)COCC1=O)C(=O)O. The van der Waals surface area contributed by atoms with E-state index in [1.807, 2.05) is 0 Å². The number of carboxylic acid groups (broad SMARTS) is 1. The average molecular weight is 202 g/mol. The molecule has 0 spiro atoms. The van der Waals surface area contributed by atoms with Gasteiger partial charge in [-0.25, -0.2) is 0 Å². The molecule has 1 aliphatic heterocycles. The fraction of sp³-hybridized carbons (Fsp3) is 0.571. The molecule has 78 valence electrons. The Labute approximate surface area is 79.4 Å². The van der Waals surface area contributed by atoms with Crippen LogP contribution in [0.4, 0.5) is 0 Å². The largest absolute Gasteiger partial charge is 0.480 e. The first-order chi connectivity index (χ1) is 6.52. The second-order valence-electron chi connectivity index (χ2n) is 2.84. The van der Waals surface area contributed by atoms with Crippen LogP contribution in [0.1, 0.15) is 0 Å². The summed E-state index contributed by atoms with van der Waals surface area (Å²) in [7, 11) is 0. The van der Waals surface area contributed by atoms with Crippen molar-refractivity contribution in [2.24, 2.45) is 5.73 Å². The van der Waals surface area contributed by atoms with Crippen LogP contribution in [0.5, 0.6) is 0 Å². The maximum absolute atomic E-state index is 11.1. The van der Waals surface area contributed by atoms with Gasteiger partial charge in [0.15, 0.2) is 0 Å². The lowest BCUT2D eigenvalue weighted by atomic mass is 10.2. The number of hydrogen-bond acceptors (Lipinski definition) is 5. The minimum Gasteiger partial charge on any atom is -0.480 e. The van der Waals surface area contributed by atoms with E-state index in [0.29, 0.717) is 0 Å². The summed E-state index contributed by atoms with van der Waals surface area (Å²) in [4.78, 5) is 33.4. The van der Waals surface area contributed by atoms with Gasteiger partial charge in [0.2, 0.25) is 0 Å². The number of carbonyl (C=O) groups excluding carboxylic acids is 2. The zero-order valence-electron chi connectivity index (χ0n) is 7.30. The van der Waals surface area contributed by atoms with E-state index in [0.717, 1.165) is 4.90 Å².